The summed E-state index contributed by atoms with van der Waals surface area (Å²) in [5, 5.41) is 11.7. The molecule has 140 valence electrons. The molecule has 0 aliphatic heterocycles. The highest BCUT2D eigenvalue weighted by Gasteiger charge is 2.15. The zero-order valence-corrected chi connectivity index (χ0v) is 16.2. The molecule has 0 bridgehead atoms. The fraction of sp³-hybridized carbons (Fsp3) is 0.222. The number of benzene rings is 2. The molecule has 0 unspecified atom stereocenters. The van der Waals surface area contributed by atoms with Crippen molar-refractivity contribution in [2.75, 3.05) is 13.7 Å². The third kappa shape index (κ3) is 4.08. The first-order valence-electron chi connectivity index (χ1n) is 8.02. The Labute approximate surface area is 163 Å². The minimum absolute atomic E-state index is 0.105. The van der Waals surface area contributed by atoms with Gasteiger partial charge in [-0.2, -0.15) is 4.99 Å². The molecule has 0 N–H and O–H groups in total. The Bertz CT molecular complexity index is 1100. The molecule has 7 nitrogen and oxygen atoms in total. The van der Waals surface area contributed by atoms with E-state index in [1.54, 1.807) is 26.2 Å². The first-order valence-corrected chi connectivity index (χ1v) is 9.22. The highest BCUT2D eigenvalue weighted by molar-refractivity contribution is 7.16. The number of amides is 1. The van der Waals surface area contributed by atoms with Crippen molar-refractivity contribution < 1.29 is 14.5 Å². The van der Waals surface area contributed by atoms with Gasteiger partial charge in [-0.05, 0) is 31.2 Å². The number of hydrogen-bond donors (Lipinski definition) is 0. The number of fused-ring (bicyclic) bond motifs is 1. The monoisotopic (exact) mass is 405 g/mol. The van der Waals surface area contributed by atoms with Crippen LogP contribution in [0.5, 0.6) is 0 Å². The zero-order valence-electron chi connectivity index (χ0n) is 14.6. The minimum Gasteiger partial charge on any atom is -0.383 e. The number of nitro groups is 1. The number of halogens is 1. The van der Waals surface area contributed by atoms with Gasteiger partial charge in [0.2, 0.25) is 0 Å². The van der Waals surface area contributed by atoms with E-state index in [1.807, 2.05) is 16.7 Å². The average molecular weight is 406 g/mol. The molecule has 0 atom stereocenters. The Morgan fingerprint density at radius 2 is 2.11 bits per heavy atom. The van der Waals surface area contributed by atoms with Gasteiger partial charge in [-0.25, -0.2) is 0 Å². The van der Waals surface area contributed by atoms with Gasteiger partial charge in [0.1, 0.15) is 0 Å². The first-order chi connectivity index (χ1) is 12.9. The average Bonchev–Trinajstić information content (AvgIpc) is 2.95. The van der Waals surface area contributed by atoms with Crippen LogP contribution in [-0.4, -0.2) is 29.1 Å². The van der Waals surface area contributed by atoms with E-state index in [9.17, 15) is 14.9 Å². The third-order valence-corrected chi connectivity index (χ3v) is 5.29. The molecule has 0 saturated heterocycles. The maximum absolute atomic E-state index is 12.6. The summed E-state index contributed by atoms with van der Waals surface area (Å²) in [7, 11) is 1.60. The Morgan fingerprint density at radius 3 is 2.81 bits per heavy atom. The van der Waals surface area contributed by atoms with Crippen LogP contribution in [0.1, 0.15) is 15.9 Å². The summed E-state index contributed by atoms with van der Waals surface area (Å²) in [6.45, 7) is 2.59. The molecule has 27 heavy (non-hydrogen) atoms. The lowest BCUT2D eigenvalue weighted by Crippen LogP contribution is -2.19. The largest absolute Gasteiger partial charge is 0.383 e. The van der Waals surface area contributed by atoms with E-state index in [-0.39, 0.29) is 11.3 Å². The van der Waals surface area contributed by atoms with E-state index in [2.05, 4.69) is 4.99 Å². The highest BCUT2D eigenvalue weighted by Crippen LogP contribution is 2.23. The molecular formula is C18H16ClN3O4S. The van der Waals surface area contributed by atoms with Crippen LogP contribution in [-0.2, 0) is 11.3 Å². The molecule has 0 radical (unpaired) electrons. The van der Waals surface area contributed by atoms with Crippen molar-refractivity contribution in [1.82, 2.24) is 4.57 Å². The van der Waals surface area contributed by atoms with Crippen LogP contribution in [0, 0.1) is 17.0 Å². The number of nitro benzene ring substituents is 1. The van der Waals surface area contributed by atoms with Crippen molar-refractivity contribution in [3.8, 4) is 0 Å². The third-order valence-electron chi connectivity index (χ3n) is 4.01. The SMILES string of the molecule is COCCn1c(=NC(=O)c2ccc(C)c([N+](=O)[O-])c2)sc2cc(Cl)ccc21. The number of carbonyl (C=O) groups is 1. The van der Waals surface area contributed by atoms with Crippen LogP contribution in [0.15, 0.2) is 41.4 Å². The molecule has 0 saturated carbocycles. The molecule has 0 spiro atoms. The fourth-order valence-electron chi connectivity index (χ4n) is 2.62. The molecule has 1 aromatic heterocycles. The number of methoxy groups -OCH3 is 1. The van der Waals surface area contributed by atoms with Gasteiger partial charge in [-0.3, -0.25) is 14.9 Å². The number of hydrogen-bond acceptors (Lipinski definition) is 5. The van der Waals surface area contributed by atoms with Gasteiger partial charge in [0.15, 0.2) is 4.80 Å². The number of rotatable bonds is 5. The van der Waals surface area contributed by atoms with Crippen molar-refractivity contribution in [1.29, 1.82) is 0 Å². The van der Waals surface area contributed by atoms with E-state index in [0.717, 1.165) is 10.2 Å². The van der Waals surface area contributed by atoms with Crippen molar-refractivity contribution >= 4 is 44.7 Å². The fourth-order valence-corrected chi connectivity index (χ4v) is 3.95. The van der Waals surface area contributed by atoms with Gasteiger partial charge in [0.05, 0.1) is 21.7 Å². The Morgan fingerprint density at radius 1 is 1.33 bits per heavy atom. The Balaban J connectivity index is 2.10. The minimum atomic E-state index is -0.540. The van der Waals surface area contributed by atoms with Crippen molar-refractivity contribution in [2.24, 2.45) is 4.99 Å². The molecule has 1 heterocycles. The van der Waals surface area contributed by atoms with Crippen LogP contribution in [0.25, 0.3) is 10.2 Å². The lowest BCUT2D eigenvalue weighted by atomic mass is 10.1. The summed E-state index contributed by atoms with van der Waals surface area (Å²) in [5.41, 5.74) is 1.44. The van der Waals surface area contributed by atoms with Gasteiger partial charge < -0.3 is 9.30 Å². The maximum Gasteiger partial charge on any atom is 0.279 e. The van der Waals surface area contributed by atoms with Crippen LogP contribution in [0.2, 0.25) is 5.02 Å². The summed E-state index contributed by atoms with van der Waals surface area (Å²) >= 11 is 7.39. The Kier molecular flexibility index (Phi) is 5.69. The van der Waals surface area contributed by atoms with E-state index in [4.69, 9.17) is 16.3 Å². The lowest BCUT2D eigenvalue weighted by Gasteiger charge is -2.04. The quantitative estimate of drug-likeness (QED) is 0.474. The number of ether oxygens (including phenoxy) is 1. The molecule has 9 heteroatoms. The van der Waals surface area contributed by atoms with E-state index in [1.165, 1.54) is 23.5 Å². The van der Waals surface area contributed by atoms with Crippen molar-refractivity contribution in [2.45, 2.75) is 13.5 Å². The van der Waals surface area contributed by atoms with Gasteiger partial charge in [0, 0.05) is 35.9 Å². The second-order valence-corrected chi connectivity index (χ2v) is 7.26. The second kappa shape index (κ2) is 7.99. The maximum atomic E-state index is 12.6. The molecule has 0 fully saturated rings. The number of aryl methyl sites for hydroxylation is 1. The number of thiazole rings is 1. The Hall–Kier alpha value is -2.55. The molecule has 3 rings (SSSR count). The van der Waals surface area contributed by atoms with E-state index in [0.29, 0.717) is 28.5 Å². The standard InChI is InChI=1S/C18H16ClN3O4S/c1-11-3-4-12(9-15(11)22(24)25)17(23)20-18-21(7-8-26-2)14-6-5-13(19)10-16(14)27-18/h3-6,9-10H,7-8H2,1-2H3. The highest BCUT2D eigenvalue weighted by atomic mass is 35.5. The predicted molar refractivity (Wildman–Crippen MR) is 104 cm³/mol. The first kappa shape index (κ1) is 19.2. The molecule has 0 aliphatic rings. The number of nitrogens with zero attached hydrogens (tertiary/aromatic N) is 3. The lowest BCUT2D eigenvalue weighted by molar-refractivity contribution is -0.385. The molecule has 1 amide bonds. The number of aromatic nitrogens is 1. The van der Waals surface area contributed by atoms with E-state index < -0.39 is 10.8 Å². The van der Waals surface area contributed by atoms with Gasteiger partial charge in [-0.1, -0.05) is 29.0 Å². The van der Waals surface area contributed by atoms with E-state index >= 15 is 0 Å². The van der Waals surface area contributed by atoms with Gasteiger partial charge in [0.25, 0.3) is 11.6 Å². The molecule has 0 aliphatic carbocycles. The summed E-state index contributed by atoms with van der Waals surface area (Å²) in [6, 6.07) is 9.79. The van der Waals surface area contributed by atoms with Crippen LogP contribution >= 0.6 is 22.9 Å². The van der Waals surface area contributed by atoms with Gasteiger partial charge in [-0.15, -0.1) is 0 Å². The van der Waals surface area contributed by atoms with Crippen LogP contribution in [0.4, 0.5) is 5.69 Å². The molecule has 2 aromatic carbocycles. The predicted octanol–water partition coefficient (Wildman–Crippen LogP) is 3.96. The molecule has 3 aromatic rings. The summed E-state index contributed by atoms with van der Waals surface area (Å²) in [6.07, 6.45) is 0. The van der Waals surface area contributed by atoms with Crippen LogP contribution in [0.3, 0.4) is 0 Å². The topological polar surface area (TPSA) is 86.7 Å². The van der Waals surface area contributed by atoms with Gasteiger partial charge >= 0.3 is 0 Å². The smallest absolute Gasteiger partial charge is 0.279 e. The molecular weight excluding hydrogens is 390 g/mol. The van der Waals surface area contributed by atoms with Crippen molar-refractivity contribution in [3.05, 3.63) is 67.5 Å². The second-order valence-electron chi connectivity index (χ2n) is 5.82. The summed E-state index contributed by atoms with van der Waals surface area (Å²) in [4.78, 5) is 27.9. The van der Waals surface area contributed by atoms with Crippen LogP contribution < -0.4 is 4.80 Å². The number of carbonyl (C=O) groups excluding carboxylic acids is 1. The summed E-state index contributed by atoms with van der Waals surface area (Å²) < 4.78 is 7.91. The zero-order chi connectivity index (χ0) is 19.6. The van der Waals surface area contributed by atoms with Crippen molar-refractivity contribution in [3.63, 3.8) is 0 Å². The summed E-state index contributed by atoms with van der Waals surface area (Å²) in [5.74, 6) is -0.540. The normalized spacial score (nSPS) is 11.9.